The highest BCUT2D eigenvalue weighted by Gasteiger charge is 2.16. The molecular formula is C19H16ClFN2O4. The van der Waals surface area contributed by atoms with Crippen LogP contribution in [0.3, 0.4) is 0 Å². The first-order valence-corrected chi connectivity index (χ1v) is 8.45. The lowest BCUT2D eigenvalue weighted by atomic mass is 10.1. The molecule has 0 atom stereocenters. The molecule has 27 heavy (non-hydrogen) atoms. The van der Waals surface area contributed by atoms with Crippen LogP contribution in [-0.2, 0) is 9.59 Å². The number of carbonyl (C=O) groups is 2. The standard InChI is InChI=1S/C19H16ClFN2O4/c1-11(24)22-16-10-13(3-4-15(16)21)23-18(25)5-2-12-8-14(20)19-17(9-12)26-6-7-27-19/h2-5,8-10H,6-7H2,1H3,(H,22,24)(H,23,25)/b5-2+. The Bertz CT molecular complexity index is 930. The number of anilines is 2. The second kappa shape index (κ2) is 8.09. The van der Waals surface area contributed by atoms with Crippen molar-refractivity contribution >= 4 is 40.9 Å². The molecule has 0 aromatic heterocycles. The molecule has 0 saturated heterocycles. The van der Waals surface area contributed by atoms with Crippen LogP contribution in [0.4, 0.5) is 15.8 Å². The van der Waals surface area contributed by atoms with E-state index in [1.807, 2.05) is 0 Å². The third-order valence-corrected chi connectivity index (χ3v) is 3.87. The van der Waals surface area contributed by atoms with Crippen molar-refractivity contribution in [1.29, 1.82) is 0 Å². The molecule has 3 rings (SSSR count). The van der Waals surface area contributed by atoms with Gasteiger partial charge in [0.2, 0.25) is 11.8 Å². The minimum atomic E-state index is -0.593. The van der Waals surface area contributed by atoms with Crippen LogP contribution >= 0.6 is 11.6 Å². The molecule has 1 heterocycles. The molecule has 8 heteroatoms. The monoisotopic (exact) mass is 390 g/mol. The lowest BCUT2D eigenvalue weighted by Crippen LogP contribution is -2.15. The van der Waals surface area contributed by atoms with Crippen molar-refractivity contribution in [2.45, 2.75) is 6.92 Å². The van der Waals surface area contributed by atoms with Crippen molar-refractivity contribution in [3.63, 3.8) is 0 Å². The lowest BCUT2D eigenvalue weighted by Gasteiger charge is -2.19. The fourth-order valence-corrected chi connectivity index (χ4v) is 2.75. The maximum Gasteiger partial charge on any atom is 0.248 e. The van der Waals surface area contributed by atoms with E-state index in [0.29, 0.717) is 41.0 Å². The summed E-state index contributed by atoms with van der Waals surface area (Å²) in [4.78, 5) is 23.2. The van der Waals surface area contributed by atoms with E-state index in [0.717, 1.165) is 6.07 Å². The Morgan fingerprint density at radius 2 is 1.93 bits per heavy atom. The normalized spacial score (nSPS) is 12.7. The second-order valence-electron chi connectivity index (χ2n) is 5.73. The minimum Gasteiger partial charge on any atom is -0.486 e. The largest absolute Gasteiger partial charge is 0.486 e. The quantitative estimate of drug-likeness (QED) is 0.777. The van der Waals surface area contributed by atoms with Crippen molar-refractivity contribution < 1.29 is 23.5 Å². The Morgan fingerprint density at radius 3 is 2.70 bits per heavy atom. The summed E-state index contributed by atoms with van der Waals surface area (Å²) in [6.07, 6.45) is 2.88. The number of hydrogen-bond acceptors (Lipinski definition) is 4. The first-order chi connectivity index (χ1) is 12.9. The van der Waals surface area contributed by atoms with Crippen LogP contribution in [0.1, 0.15) is 12.5 Å². The predicted molar refractivity (Wildman–Crippen MR) is 101 cm³/mol. The molecule has 2 aromatic rings. The van der Waals surface area contributed by atoms with E-state index < -0.39 is 17.6 Å². The summed E-state index contributed by atoms with van der Waals surface area (Å²) in [6.45, 7) is 2.13. The summed E-state index contributed by atoms with van der Waals surface area (Å²) in [5, 5.41) is 5.35. The molecule has 0 fully saturated rings. The van der Waals surface area contributed by atoms with Gasteiger partial charge >= 0.3 is 0 Å². The van der Waals surface area contributed by atoms with Gasteiger partial charge < -0.3 is 20.1 Å². The summed E-state index contributed by atoms with van der Waals surface area (Å²) in [7, 11) is 0. The van der Waals surface area contributed by atoms with Gasteiger partial charge in [-0.3, -0.25) is 9.59 Å². The van der Waals surface area contributed by atoms with E-state index in [1.165, 1.54) is 25.1 Å². The van der Waals surface area contributed by atoms with Crippen LogP contribution in [0.2, 0.25) is 5.02 Å². The van der Waals surface area contributed by atoms with Crippen LogP contribution in [0.15, 0.2) is 36.4 Å². The lowest BCUT2D eigenvalue weighted by molar-refractivity contribution is -0.114. The van der Waals surface area contributed by atoms with Crippen molar-refractivity contribution in [2.75, 3.05) is 23.8 Å². The average Bonchev–Trinajstić information content (AvgIpc) is 2.62. The average molecular weight is 391 g/mol. The van der Waals surface area contributed by atoms with Gasteiger partial charge in [0.05, 0.1) is 10.7 Å². The number of halogens is 2. The van der Waals surface area contributed by atoms with Gasteiger partial charge in [0.25, 0.3) is 0 Å². The van der Waals surface area contributed by atoms with E-state index in [2.05, 4.69) is 10.6 Å². The first kappa shape index (κ1) is 18.7. The molecule has 2 aromatic carbocycles. The summed E-state index contributed by atoms with van der Waals surface area (Å²) < 4.78 is 24.6. The number of rotatable bonds is 4. The molecule has 0 aliphatic carbocycles. The molecule has 140 valence electrons. The van der Waals surface area contributed by atoms with Crippen LogP contribution < -0.4 is 20.1 Å². The SMILES string of the molecule is CC(=O)Nc1cc(NC(=O)/C=C/c2cc(Cl)c3c(c2)OCCO3)ccc1F. The molecular weight excluding hydrogens is 375 g/mol. The molecule has 2 amide bonds. The van der Waals surface area contributed by atoms with E-state index >= 15 is 0 Å². The third kappa shape index (κ3) is 4.77. The van der Waals surface area contributed by atoms with Gasteiger partial charge in [-0.05, 0) is 42.0 Å². The first-order valence-electron chi connectivity index (χ1n) is 8.08. The number of fused-ring (bicyclic) bond motifs is 1. The van der Waals surface area contributed by atoms with E-state index in [-0.39, 0.29) is 5.69 Å². The highest BCUT2D eigenvalue weighted by Crippen LogP contribution is 2.38. The summed E-state index contributed by atoms with van der Waals surface area (Å²) in [6, 6.07) is 7.27. The van der Waals surface area contributed by atoms with Crippen molar-refractivity contribution in [2.24, 2.45) is 0 Å². The smallest absolute Gasteiger partial charge is 0.248 e. The van der Waals surface area contributed by atoms with Gasteiger partial charge in [0.15, 0.2) is 11.5 Å². The van der Waals surface area contributed by atoms with Crippen LogP contribution in [-0.4, -0.2) is 25.0 Å². The Labute approximate surface area is 159 Å². The molecule has 1 aliphatic heterocycles. The van der Waals surface area contributed by atoms with Gasteiger partial charge in [0, 0.05) is 18.7 Å². The zero-order valence-corrected chi connectivity index (χ0v) is 15.1. The maximum atomic E-state index is 13.6. The van der Waals surface area contributed by atoms with Gasteiger partial charge in [-0.25, -0.2) is 4.39 Å². The van der Waals surface area contributed by atoms with Gasteiger partial charge in [0.1, 0.15) is 19.0 Å². The van der Waals surface area contributed by atoms with Crippen LogP contribution in [0.5, 0.6) is 11.5 Å². The Balaban J connectivity index is 1.71. The third-order valence-electron chi connectivity index (χ3n) is 3.59. The fourth-order valence-electron chi connectivity index (χ4n) is 2.47. The molecule has 0 unspecified atom stereocenters. The number of hydrogen-bond donors (Lipinski definition) is 2. The fraction of sp³-hybridized carbons (Fsp3) is 0.158. The number of amides is 2. The zero-order chi connectivity index (χ0) is 19.4. The summed E-state index contributed by atoms with van der Waals surface area (Å²) in [5.41, 5.74) is 0.996. The Kier molecular flexibility index (Phi) is 5.61. The van der Waals surface area contributed by atoms with Crippen molar-refractivity contribution in [3.05, 3.63) is 52.8 Å². The van der Waals surface area contributed by atoms with Crippen LogP contribution in [0, 0.1) is 5.82 Å². The predicted octanol–water partition coefficient (Wildman–Crippen LogP) is 3.86. The molecule has 0 spiro atoms. The van der Waals surface area contributed by atoms with E-state index in [1.54, 1.807) is 18.2 Å². The summed E-state index contributed by atoms with van der Waals surface area (Å²) in [5.74, 6) is -0.424. The van der Waals surface area contributed by atoms with Crippen LogP contribution in [0.25, 0.3) is 6.08 Å². The Morgan fingerprint density at radius 1 is 1.15 bits per heavy atom. The molecule has 0 radical (unpaired) electrons. The number of nitrogens with one attached hydrogen (secondary N) is 2. The van der Waals surface area contributed by atoms with E-state index in [4.69, 9.17) is 21.1 Å². The molecule has 1 aliphatic rings. The minimum absolute atomic E-state index is 0.0112. The molecule has 0 saturated carbocycles. The highest BCUT2D eigenvalue weighted by molar-refractivity contribution is 6.32. The van der Waals surface area contributed by atoms with Gasteiger partial charge in [-0.1, -0.05) is 11.6 Å². The summed E-state index contributed by atoms with van der Waals surface area (Å²) >= 11 is 6.16. The second-order valence-corrected chi connectivity index (χ2v) is 6.13. The number of benzene rings is 2. The van der Waals surface area contributed by atoms with Crippen molar-refractivity contribution in [1.82, 2.24) is 0 Å². The molecule has 0 bridgehead atoms. The zero-order valence-electron chi connectivity index (χ0n) is 14.3. The maximum absolute atomic E-state index is 13.6. The van der Waals surface area contributed by atoms with Gasteiger partial charge in [-0.15, -0.1) is 0 Å². The molecule has 6 nitrogen and oxygen atoms in total. The number of ether oxygens (including phenoxy) is 2. The molecule has 2 N–H and O–H groups in total. The highest BCUT2D eigenvalue weighted by atomic mass is 35.5. The van der Waals surface area contributed by atoms with E-state index in [9.17, 15) is 14.0 Å². The Hall–Kier alpha value is -3.06. The topological polar surface area (TPSA) is 76.7 Å². The van der Waals surface area contributed by atoms with Gasteiger partial charge in [-0.2, -0.15) is 0 Å². The number of carbonyl (C=O) groups excluding carboxylic acids is 2. The van der Waals surface area contributed by atoms with Crippen molar-refractivity contribution in [3.8, 4) is 11.5 Å².